The number of nitrogens with one attached hydrogen (secondary N) is 1. The zero-order chi connectivity index (χ0) is 18.9. The Labute approximate surface area is 152 Å². The van der Waals surface area contributed by atoms with Crippen LogP contribution in [0, 0.1) is 6.92 Å². The predicted octanol–water partition coefficient (Wildman–Crippen LogP) is 6.18. The second-order valence-corrected chi connectivity index (χ2v) is 6.02. The van der Waals surface area contributed by atoms with Crippen molar-refractivity contribution in [2.24, 2.45) is 0 Å². The highest BCUT2D eigenvalue weighted by Crippen LogP contribution is 2.35. The van der Waals surface area contributed by atoms with Gasteiger partial charge in [-0.15, -0.1) is 0 Å². The van der Waals surface area contributed by atoms with Crippen LogP contribution in [0.1, 0.15) is 21.7 Å². The first-order valence-corrected chi connectivity index (χ1v) is 7.97. The summed E-state index contributed by atoms with van der Waals surface area (Å²) >= 11 is 5.84. The van der Waals surface area contributed by atoms with Gasteiger partial charge in [0.25, 0.3) is 5.91 Å². The van der Waals surface area contributed by atoms with Crippen LogP contribution in [0.3, 0.4) is 0 Å². The molecule has 2 aromatic carbocycles. The Bertz CT molecular complexity index is 946. The number of hydrogen-bond acceptors (Lipinski definition) is 2. The number of carbonyl (C=O) groups is 1. The average molecular weight is 380 g/mol. The van der Waals surface area contributed by atoms with Crippen LogP contribution in [0.5, 0.6) is 0 Å². The van der Waals surface area contributed by atoms with Gasteiger partial charge in [0.05, 0.1) is 16.8 Å². The quantitative estimate of drug-likeness (QED) is 0.590. The molecule has 3 nitrogen and oxygen atoms in total. The molecule has 1 aromatic heterocycles. The van der Waals surface area contributed by atoms with E-state index in [1.165, 1.54) is 24.3 Å². The predicted molar refractivity (Wildman–Crippen MR) is 93.3 cm³/mol. The molecule has 0 saturated carbocycles. The Balaban J connectivity index is 1.89. The molecule has 0 aliphatic carbocycles. The molecule has 0 unspecified atom stereocenters. The normalized spacial score (nSPS) is 11.4. The highest BCUT2D eigenvalue weighted by molar-refractivity contribution is 6.30. The summed E-state index contributed by atoms with van der Waals surface area (Å²) < 4.78 is 44.7. The summed E-state index contributed by atoms with van der Waals surface area (Å²) in [6, 6.07) is 13.1. The van der Waals surface area contributed by atoms with Crippen LogP contribution >= 0.6 is 11.6 Å². The van der Waals surface area contributed by atoms with E-state index in [9.17, 15) is 18.0 Å². The molecule has 1 amide bonds. The fraction of sp³-hybridized carbons (Fsp3) is 0.105. The van der Waals surface area contributed by atoms with Gasteiger partial charge >= 0.3 is 6.18 Å². The maximum absolute atomic E-state index is 13.1. The summed E-state index contributed by atoms with van der Waals surface area (Å²) in [6.07, 6.45) is -4.57. The molecule has 0 aliphatic heterocycles. The first-order valence-electron chi connectivity index (χ1n) is 7.59. The van der Waals surface area contributed by atoms with Crippen LogP contribution in [0.15, 0.2) is 59.0 Å². The van der Waals surface area contributed by atoms with Crippen LogP contribution in [0.4, 0.5) is 18.9 Å². The summed E-state index contributed by atoms with van der Waals surface area (Å²) in [5.41, 5.74) is -0.356. The first-order chi connectivity index (χ1) is 12.3. The molecule has 0 radical (unpaired) electrons. The van der Waals surface area contributed by atoms with Crippen LogP contribution in [0.2, 0.25) is 5.02 Å². The topological polar surface area (TPSA) is 42.2 Å². The van der Waals surface area contributed by atoms with E-state index in [0.29, 0.717) is 22.1 Å². The van der Waals surface area contributed by atoms with Crippen LogP contribution in [-0.2, 0) is 6.18 Å². The summed E-state index contributed by atoms with van der Waals surface area (Å²) in [5, 5.41) is 2.86. The fourth-order valence-electron chi connectivity index (χ4n) is 2.49. The molecule has 0 atom stereocenters. The highest BCUT2D eigenvalue weighted by atomic mass is 35.5. The standard InChI is InChI=1S/C19H13ClF3NO2/c1-11-14(10-17(26-11)12-6-8-13(20)9-7-12)18(25)24-16-5-3-2-4-15(16)19(21,22)23/h2-10H,1H3,(H,24,25). The molecule has 3 aromatic rings. The third kappa shape index (κ3) is 3.75. The van der Waals surface area contributed by atoms with Crippen LogP contribution < -0.4 is 5.32 Å². The minimum Gasteiger partial charge on any atom is -0.461 e. The lowest BCUT2D eigenvalue weighted by atomic mass is 10.1. The van der Waals surface area contributed by atoms with E-state index in [-0.39, 0.29) is 11.3 Å². The maximum atomic E-state index is 13.1. The molecule has 26 heavy (non-hydrogen) atoms. The van der Waals surface area contributed by atoms with Crippen molar-refractivity contribution in [3.05, 3.63) is 76.5 Å². The molecular formula is C19H13ClF3NO2. The summed E-state index contributed by atoms with van der Waals surface area (Å²) in [5.74, 6) is 0.0496. The number of para-hydroxylation sites is 1. The van der Waals surface area contributed by atoms with Crippen molar-refractivity contribution in [2.75, 3.05) is 5.32 Å². The zero-order valence-corrected chi connectivity index (χ0v) is 14.3. The van der Waals surface area contributed by atoms with E-state index in [4.69, 9.17) is 16.0 Å². The molecule has 1 N–H and O–H groups in total. The third-order valence-corrected chi connectivity index (χ3v) is 4.02. The number of amides is 1. The van der Waals surface area contributed by atoms with E-state index >= 15 is 0 Å². The molecule has 134 valence electrons. The van der Waals surface area contributed by atoms with Gasteiger partial charge in [-0.2, -0.15) is 13.2 Å². The molecular weight excluding hydrogens is 367 g/mol. The Morgan fingerprint density at radius 1 is 1.08 bits per heavy atom. The fourth-order valence-corrected chi connectivity index (χ4v) is 2.62. The number of benzene rings is 2. The molecule has 3 rings (SSSR count). The van der Waals surface area contributed by atoms with Gasteiger partial charge in [0.15, 0.2) is 0 Å². The molecule has 0 fully saturated rings. The van der Waals surface area contributed by atoms with Gasteiger partial charge in [-0.25, -0.2) is 0 Å². The summed E-state index contributed by atoms with van der Waals surface area (Å²) in [7, 11) is 0. The van der Waals surface area contributed by atoms with Crippen molar-refractivity contribution >= 4 is 23.2 Å². The van der Waals surface area contributed by atoms with Gasteiger partial charge in [-0.1, -0.05) is 23.7 Å². The minimum atomic E-state index is -4.57. The number of furan rings is 1. The monoisotopic (exact) mass is 379 g/mol. The second-order valence-electron chi connectivity index (χ2n) is 5.58. The summed E-state index contributed by atoms with van der Waals surface area (Å²) in [6.45, 7) is 1.57. The molecule has 0 aliphatic rings. The third-order valence-electron chi connectivity index (χ3n) is 3.77. The maximum Gasteiger partial charge on any atom is 0.418 e. The Hall–Kier alpha value is -2.73. The minimum absolute atomic E-state index is 0.159. The van der Waals surface area contributed by atoms with Crippen molar-refractivity contribution in [1.29, 1.82) is 0 Å². The molecule has 0 spiro atoms. The van der Waals surface area contributed by atoms with E-state index in [1.54, 1.807) is 31.2 Å². The smallest absolute Gasteiger partial charge is 0.418 e. The number of carbonyl (C=O) groups excluding carboxylic acids is 1. The zero-order valence-electron chi connectivity index (χ0n) is 13.5. The molecule has 7 heteroatoms. The van der Waals surface area contributed by atoms with E-state index < -0.39 is 17.6 Å². The largest absolute Gasteiger partial charge is 0.461 e. The highest BCUT2D eigenvalue weighted by Gasteiger charge is 2.33. The van der Waals surface area contributed by atoms with Gasteiger partial charge < -0.3 is 9.73 Å². The lowest BCUT2D eigenvalue weighted by Crippen LogP contribution is -2.16. The van der Waals surface area contributed by atoms with Crippen LogP contribution in [-0.4, -0.2) is 5.91 Å². The van der Waals surface area contributed by atoms with E-state index in [1.807, 2.05) is 0 Å². The van der Waals surface area contributed by atoms with Crippen molar-refractivity contribution < 1.29 is 22.4 Å². The van der Waals surface area contributed by atoms with Crippen molar-refractivity contribution in [3.8, 4) is 11.3 Å². The number of alkyl halides is 3. The van der Waals surface area contributed by atoms with Gasteiger partial charge in [0.1, 0.15) is 11.5 Å². The lowest BCUT2D eigenvalue weighted by molar-refractivity contribution is -0.136. The number of aryl methyl sites for hydroxylation is 1. The van der Waals surface area contributed by atoms with Gasteiger partial charge in [-0.05, 0) is 49.4 Å². The van der Waals surface area contributed by atoms with Gasteiger partial charge in [0.2, 0.25) is 0 Å². The molecule has 0 saturated heterocycles. The first kappa shape index (κ1) is 18.1. The number of anilines is 1. The molecule has 0 bridgehead atoms. The van der Waals surface area contributed by atoms with Gasteiger partial charge in [-0.3, -0.25) is 4.79 Å². The van der Waals surface area contributed by atoms with Crippen LogP contribution in [0.25, 0.3) is 11.3 Å². The van der Waals surface area contributed by atoms with Crippen molar-refractivity contribution in [2.45, 2.75) is 13.1 Å². The van der Waals surface area contributed by atoms with Crippen molar-refractivity contribution in [3.63, 3.8) is 0 Å². The van der Waals surface area contributed by atoms with Gasteiger partial charge in [0, 0.05) is 10.6 Å². The SMILES string of the molecule is Cc1oc(-c2ccc(Cl)cc2)cc1C(=O)Nc1ccccc1C(F)(F)F. The van der Waals surface area contributed by atoms with E-state index in [2.05, 4.69) is 5.32 Å². The number of halogens is 4. The molecule has 1 heterocycles. The Morgan fingerprint density at radius 3 is 2.38 bits per heavy atom. The Morgan fingerprint density at radius 2 is 1.73 bits per heavy atom. The van der Waals surface area contributed by atoms with Crippen molar-refractivity contribution in [1.82, 2.24) is 0 Å². The number of rotatable bonds is 3. The average Bonchev–Trinajstić information content (AvgIpc) is 2.97. The van der Waals surface area contributed by atoms with E-state index in [0.717, 1.165) is 6.07 Å². The lowest BCUT2D eigenvalue weighted by Gasteiger charge is -2.13. The summed E-state index contributed by atoms with van der Waals surface area (Å²) in [4.78, 5) is 12.5. The second kappa shape index (κ2) is 6.88. The Kier molecular flexibility index (Phi) is 4.78. The number of hydrogen-bond donors (Lipinski definition) is 1.